The van der Waals surface area contributed by atoms with Gasteiger partial charge in [-0.2, -0.15) is 0 Å². The molecule has 3 atom stereocenters. The molecule has 0 aliphatic carbocycles. The zero-order valence-corrected chi connectivity index (χ0v) is 13.5. The van der Waals surface area contributed by atoms with Gasteiger partial charge in [0.1, 0.15) is 11.6 Å². The molecule has 1 N–H and O–H groups in total. The lowest BCUT2D eigenvalue weighted by Gasteiger charge is -2.26. The van der Waals surface area contributed by atoms with Crippen molar-refractivity contribution >= 4 is 11.6 Å². The number of anilines is 1. The van der Waals surface area contributed by atoms with Crippen LogP contribution in [0.3, 0.4) is 0 Å². The van der Waals surface area contributed by atoms with Gasteiger partial charge in [0, 0.05) is 24.5 Å². The summed E-state index contributed by atoms with van der Waals surface area (Å²) in [5.41, 5.74) is 1.79. The highest BCUT2D eigenvalue weighted by molar-refractivity contribution is 5.98. The van der Waals surface area contributed by atoms with Gasteiger partial charge in [-0.3, -0.25) is 9.69 Å². The summed E-state index contributed by atoms with van der Waals surface area (Å²) >= 11 is 0. The Bertz CT molecular complexity index is 762. The van der Waals surface area contributed by atoms with Crippen LogP contribution in [-0.2, 0) is 4.79 Å². The van der Waals surface area contributed by atoms with Crippen LogP contribution in [-0.4, -0.2) is 25.6 Å². The zero-order valence-electron chi connectivity index (χ0n) is 13.5. The van der Waals surface area contributed by atoms with Crippen molar-refractivity contribution in [2.75, 3.05) is 18.6 Å². The van der Waals surface area contributed by atoms with Crippen molar-refractivity contribution in [1.29, 1.82) is 0 Å². The predicted octanol–water partition coefficient (Wildman–Crippen LogP) is 1.93. The standard InChI is InChI=1S/C19H19FN2O2/c1-24-16-5-2-4-15(12-16)22-18(13-7-9-14(20)10-8-13)21-11-3-6-17(21)19(22)23/h2,4-5,7-10,12,17-18H,3,6,11H2,1H3/p+1. The van der Waals surface area contributed by atoms with E-state index in [0.717, 1.165) is 36.4 Å². The summed E-state index contributed by atoms with van der Waals surface area (Å²) in [6.07, 6.45) is 1.85. The number of carbonyl (C=O) groups excluding carboxylic acids is 1. The normalized spacial score (nSPS) is 25.8. The van der Waals surface area contributed by atoms with E-state index in [-0.39, 0.29) is 23.9 Å². The zero-order chi connectivity index (χ0) is 16.7. The highest BCUT2D eigenvalue weighted by Crippen LogP contribution is 2.32. The second-order valence-electron chi connectivity index (χ2n) is 6.38. The Morgan fingerprint density at radius 2 is 2.00 bits per heavy atom. The third-order valence-electron chi connectivity index (χ3n) is 5.07. The Morgan fingerprint density at radius 3 is 2.75 bits per heavy atom. The molecule has 124 valence electrons. The van der Waals surface area contributed by atoms with Crippen LogP contribution in [0.4, 0.5) is 10.1 Å². The number of hydrogen-bond donors (Lipinski definition) is 1. The summed E-state index contributed by atoms with van der Waals surface area (Å²) in [6.45, 7) is 0.957. The summed E-state index contributed by atoms with van der Waals surface area (Å²) in [7, 11) is 1.62. The van der Waals surface area contributed by atoms with Crippen LogP contribution in [0.25, 0.3) is 0 Å². The number of hydrogen-bond acceptors (Lipinski definition) is 2. The van der Waals surface area contributed by atoms with Crippen molar-refractivity contribution in [1.82, 2.24) is 0 Å². The van der Waals surface area contributed by atoms with Gasteiger partial charge in [-0.1, -0.05) is 6.07 Å². The minimum atomic E-state index is -0.260. The second kappa shape index (κ2) is 5.91. The maximum absolute atomic E-state index is 13.3. The van der Waals surface area contributed by atoms with Crippen molar-refractivity contribution in [2.45, 2.75) is 25.0 Å². The van der Waals surface area contributed by atoms with Crippen molar-refractivity contribution in [2.24, 2.45) is 0 Å². The van der Waals surface area contributed by atoms with Crippen molar-refractivity contribution in [3.05, 3.63) is 59.9 Å². The number of nitrogens with zero attached hydrogens (tertiary/aromatic N) is 1. The Kier molecular flexibility index (Phi) is 3.73. The van der Waals surface area contributed by atoms with Crippen LogP contribution in [0.15, 0.2) is 48.5 Å². The maximum atomic E-state index is 13.3. The van der Waals surface area contributed by atoms with E-state index in [1.165, 1.54) is 17.0 Å². The third-order valence-corrected chi connectivity index (χ3v) is 5.07. The van der Waals surface area contributed by atoms with Gasteiger partial charge in [0.15, 0.2) is 12.2 Å². The number of halogens is 1. The summed E-state index contributed by atoms with van der Waals surface area (Å²) in [6, 6.07) is 14.1. The number of benzene rings is 2. The molecular formula is C19H20FN2O2+. The number of fused-ring (bicyclic) bond motifs is 1. The topological polar surface area (TPSA) is 34.0 Å². The number of rotatable bonds is 3. The molecule has 5 heteroatoms. The van der Waals surface area contributed by atoms with Crippen molar-refractivity contribution in [3.63, 3.8) is 0 Å². The van der Waals surface area contributed by atoms with E-state index in [2.05, 4.69) is 0 Å². The number of methoxy groups -OCH3 is 1. The minimum Gasteiger partial charge on any atom is -0.497 e. The second-order valence-corrected chi connectivity index (χ2v) is 6.38. The van der Waals surface area contributed by atoms with E-state index in [1.54, 1.807) is 19.2 Å². The number of amides is 1. The molecule has 0 spiro atoms. The van der Waals surface area contributed by atoms with E-state index >= 15 is 0 Å². The molecule has 4 nitrogen and oxygen atoms in total. The Morgan fingerprint density at radius 1 is 1.21 bits per heavy atom. The van der Waals surface area contributed by atoms with Crippen LogP contribution in [0.5, 0.6) is 5.75 Å². The molecule has 2 heterocycles. The molecule has 24 heavy (non-hydrogen) atoms. The summed E-state index contributed by atoms with van der Waals surface area (Å²) in [4.78, 5) is 16.1. The molecule has 0 bridgehead atoms. The molecule has 0 aromatic heterocycles. The molecule has 2 aromatic carbocycles. The fraction of sp³-hybridized carbons (Fsp3) is 0.316. The summed E-state index contributed by atoms with van der Waals surface area (Å²) in [5, 5.41) is 0. The van der Waals surface area contributed by atoms with Gasteiger partial charge in [0.05, 0.1) is 19.3 Å². The van der Waals surface area contributed by atoms with Gasteiger partial charge in [0.25, 0.3) is 5.91 Å². The summed E-state index contributed by atoms with van der Waals surface area (Å²) in [5.74, 6) is 0.606. The maximum Gasteiger partial charge on any atom is 0.290 e. The van der Waals surface area contributed by atoms with E-state index in [9.17, 15) is 9.18 Å². The largest absolute Gasteiger partial charge is 0.497 e. The van der Waals surface area contributed by atoms with Gasteiger partial charge in [-0.25, -0.2) is 4.39 Å². The van der Waals surface area contributed by atoms with Crippen molar-refractivity contribution in [3.8, 4) is 5.75 Å². The number of nitrogens with one attached hydrogen (secondary N) is 1. The first-order valence-corrected chi connectivity index (χ1v) is 8.27. The SMILES string of the molecule is COc1cccc(N2C(=O)C3CCC[NH+]3C2c2ccc(F)cc2)c1. The fourth-order valence-electron chi connectivity index (χ4n) is 3.99. The Balaban J connectivity index is 1.79. The Labute approximate surface area is 140 Å². The molecule has 2 fully saturated rings. The number of ether oxygens (including phenoxy) is 1. The highest BCUT2D eigenvalue weighted by Gasteiger charge is 2.53. The van der Waals surface area contributed by atoms with Crippen LogP contribution in [0.2, 0.25) is 0 Å². The molecular weight excluding hydrogens is 307 g/mol. The van der Waals surface area contributed by atoms with E-state index in [4.69, 9.17) is 4.74 Å². The fourth-order valence-corrected chi connectivity index (χ4v) is 3.99. The molecule has 2 aliphatic rings. The third kappa shape index (κ3) is 2.36. The lowest BCUT2D eigenvalue weighted by atomic mass is 10.1. The highest BCUT2D eigenvalue weighted by atomic mass is 19.1. The lowest BCUT2D eigenvalue weighted by molar-refractivity contribution is -0.924. The van der Waals surface area contributed by atoms with Gasteiger partial charge in [-0.05, 0) is 36.4 Å². The average molecular weight is 327 g/mol. The first kappa shape index (κ1) is 15.1. The van der Waals surface area contributed by atoms with Crippen LogP contribution < -0.4 is 14.5 Å². The lowest BCUT2D eigenvalue weighted by Crippen LogP contribution is -3.12. The van der Waals surface area contributed by atoms with Crippen molar-refractivity contribution < 1.29 is 18.8 Å². The smallest absolute Gasteiger partial charge is 0.290 e. The number of quaternary nitrogens is 1. The van der Waals surface area contributed by atoms with Crippen LogP contribution >= 0.6 is 0 Å². The number of carbonyl (C=O) groups is 1. The molecule has 1 amide bonds. The quantitative estimate of drug-likeness (QED) is 0.935. The molecule has 2 aliphatic heterocycles. The molecule has 3 unspecified atom stereocenters. The van der Waals surface area contributed by atoms with E-state index < -0.39 is 0 Å². The molecule has 2 saturated heterocycles. The van der Waals surface area contributed by atoms with Gasteiger partial charge in [-0.15, -0.1) is 0 Å². The van der Waals surface area contributed by atoms with E-state index in [1.807, 2.05) is 29.2 Å². The first-order chi connectivity index (χ1) is 11.7. The average Bonchev–Trinajstić information content (AvgIpc) is 3.18. The molecule has 2 aromatic rings. The molecule has 0 saturated carbocycles. The van der Waals surface area contributed by atoms with Crippen LogP contribution in [0, 0.1) is 5.82 Å². The molecule has 0 radical (unpaired) electrons. The minimum absolute atomic E-state index is 0.00810. The Hall–Kier alpha value is -2.40. The van der Waals surface area contributed by atoms with Crippen LogP contribution in [0.1, 0.15) is 24.6 Å². The van der Waals surface area contributed by atoms with E-state index in [0.29, 0.717) is 0 Å². The monoisotopic (exact) mass is 327 g/mol. The summed E-state index contributed by atoms with van der Waals surface area (Å²) < 4.78 is 18.6. The van der Waals surface area contributed by atoms with Gasteiger partial charge < -0.3 is 9.64 Å². The molecule has 4 rings (SSSR count). The van der Waals surface area contributed by atoms with Gasteiger partial charge >= 0.3 is 0 Å². The van der Waals surface area contributed by atoms with Gasteiger partial charge in [0.2, 0.25) is 0 Å². The first-order valence-electron chi connectivity index (χ1n) is 8.27. The predicted molar refractivity (Wildman–Crippen MR) is 88.5 cm³/mol.